The molecule has 3 N–H and O–H groups in total. The highest BCUT2D eigenvalue weighted by atomic mass is 32.2. The van der Waals surface area contributed by atoms with Crippen LogP contribution in [-0.4, -0.2) is 71.9 Å². The Hall–Kier alpha value is -4.35. The molecule has 11 nitrogen and oxygen atoms in total. The lowest BCUT2D eigenvalue weighted by Gasteiger charge is -2.54. The summed E-state index contributed by atoms with van der Waals surface area (Å²) in [6.07, 6.45) is 8.81. The number of carbonyl (C=O) groups excluding carboxylic acids is 2. The normalized spacial score (nSPS) is 19.1. The monoisotopic (exact) mass is 616 g/mol. The van der Waals surface area contributed by atoms with Gasteiger partial charge in [-0.15, -0.1) is 0 Å². The fourth-order valence-corrected chi connectivity index (χ4v) is 6.22. The molecule has 1 aromatic carbocycles. The average Bonchev–Trinajstić information content (AvgIpc) is 3.00. The van der Waals surface area contributed by atoms with Crippen molar-refractivity contribution >= 4 is 39.4 Å². The molecule has 6 rings (SSSR count). The van der Waals surface area contributed by atoms with Crippen LogP contribution in [0.3, 0.4) is 0 Å². The number of anilines is 2. The van der Waals surface area contributed by atoms with Gasteiger partial charge in [-0.3, -0.25) is 19.2 Å². The summed E-state index contributed by atoms with van der Waals surface area (Å²) < 4.78 is 29.6. The Labute approximate surface area is 257 Å². The topological polar surface area (TPSA) is 145 Å². The van der Waals surface area contributed by atoms with Gasteiger partial charge in [-0.2, -0.15) is 8.42 Å². The van der Waals surface area contributed by atoms with Crippen molar-refractivity contribution in [3.05, 3.63) is 88.6 Å². The molecular formula is C32H36N6O5S. The molecule has 2 atom stereocenters. The number of carbonyl (C=O) groups is 1. The molecule has 1 aliphatic carbocycles. The van der Waals surface area contributed by atoms with Crippen molar-refractivity contribution in [2.45, 2.75) is 56.6 Å². The van der Waals surface area contributed by atoms with Crippen molar-refractivity contribution in [1.29, 1.82) is 0 Å². The van der Waals surface area contributed by atoms with E-state index in [1.165, 1.54) is 18.6 Å². The van der Waals surface area contributed by atoms with E-state index in [4.69, 9.17) is 4.55 Å². The minimum atomic E-state index is -4.02. The minimum Gasteiger partial charge on any atom is -0.364 e. The van der Waals surface area contributed by atoms with E-state index in [0.717, 1.165) is 66.2 Å². The lowest BCUT2D eigenvalue weighted by Crippen LogP contribution is -2.64. The predicted molar refractivity (Wildman–Crippen MR) is 169 cm³/mol. The largest absolute Gasteiger partial charge is 0.364 e. The van der Waals surface area contributed by atoms with E-state index in [-0.39, 0.29) is 10.8 Å². The lowest BCUT2D eigenvalue weighted by atomic mass is 9.81. The molecule has 0 unspecified atom stereocenters. The van der Waals surface area contributed by atoms with Gasteiger partial charge >= 0.3 is 0 Å². The first-order chi connectivity index (χ1) is 21.1. The molecule has 2 aliphatic heterocycles. The summed E-state index contributed by atoms with van der Waals surface area (Å²) in [7, 11) is -2.41. The zero-order chi connectivity index (χ0) is 31.4. The van der Waals surface area contributed by atoms with E-state index in [0.29, 0.717) is 23.5 Å². The highest BCUT2D eigenvalue weighted by Crippen LogP contribution is 2.37. The lowest BCUT2D eigenvalue weighted by molar-refractivity contribution is 0.0658. The second-order valence-corrected chi connectivity index (χ2v) is 12.5. The van der Waals surface area contributed by atoms with Crippen molar-refractivity contribution in [1.82, 2.24) is 20.2 Å². The summed E-state index contributed by atoms with van der Waals surface area (Å²) >= 11 is 0. The predicted octanol–water partition coefficient (Wildman–Crippen LogP) is 3.87. The van der Waals surface area contributed by atoms with Crippen LogP contribution >= 0.6 is 0 Å². The van der Waals surface area contributed by atoms with Crippen LogP contribution in [0.25, 0.3) is 6.08 Å². The first kappa shape index (κ1) is 31.1. The number of piperazine rings is 1. The molecule has 0 bridgehead atoms. The molecule has 3 aromatic rings. The molecule has 2 aromatic heterocycles. The second-order valence-electron chi connectivity index (χ2n) is 11.0. The van der Waals surface area contributed by atoms with Crippen LogP contribution in [0, 0.1) is 6.92 Å². The Morgan fingerprint density at radius 3 is 2.43 bits per heavy atom. The van der Waals surface area contributed by atoms with Gasteiger partial charge in [0.15, 0.2) is 5.94 Å². The van der Waals surface area contributed by atoms with Gasteiger partial charge < -0.3 is 15.5 Å². The number of aromatic nitrogens is 2. The number of hydrogen-bond donors (Lipinski definition) is 3. The Morgan fingerprint density at radius 1 is 1.09 bits per heavy atom. The first-order valence-electron chi connectivity index (χ1n) is 14.6. The number of rotatable bonds is 6. The summed E-state index contributed by atoms with van der Waals surface area (Å²) in [6.45, 7) is 6.55. The van der Waals surface area contributed by atoms with Gasteiger partial charge in [-0.25, -0.2) is 9.78 Å². The van der Waals surface area contributed by atoms with Crippen LogP contribution in [0.1, 0.15) is 53.5 Å². The van der Waals surface area contributed by atoms with Gasteiger partial charge in [0, 0.05) is 45.0 Å². The van der Waals surface area contributed by atoms with E-state index in [1.54, 1.807) is 25.2 Å². The molecular weight excluding hydrogens is 580 g/mol. The summed E-state index contributed by atoms with van der Waals surface area (Å²) in [5, 5.41) is 5.82. The Balaban J connectivity index is 0.000000296. The molecule has 12 heteroatoms. The van der Waals surface area contributed by atoms with Crippen LogP contribution in [0.15, 0.2) is 71.0 Å². The van der Waals surface area contributed by atoms with Crippen LogP contribution in [0.2, 0.25) is 0 Å². The van der Waals surface area contributed by atoms with Gasteiger partial charge in [-0.1, -0.05) is 24.6 Å². The molecule has 3 aliphatic rings. The van der Waals surface area contributed by atoms with Gasteiger partial charge in [0.1, 0.15) is 11.4 Å². The third-order valence-corrected chi connectivity index (χ3v) is 9.16. The smallest absolute Gasteiger partial charge is 0.294 e. The maximum Gasteiger partial charge on any atom is 0.294 e. The van der Waals surface area contributed by atoms with Crippen LogP contribution in [-0.2, 0) is 21.5 Å². The number of hydrogen-bond acceptors (Lipinski definition) is 9. The molecule has 2 fully saturated rings. The third kappa shape index (κ3) is 6.74. The van der Waals surface area contributed by atoms with Crippen LogP contribution in [0.5, 0.6) is 0 Å². The van der Waals surface area contributed by atoms with E-state index in [9.17, 15) is 18.0 Å². The number of benzene rings is 1. The number of allylic oxidation sites excluding steroid dienone is 1. The van der Waals surface area contributed by atoms with E-state index in [2.05, 4.69) is 36.5 Å². The van der Waals surface area contributed by atoms with Gasteiger partial charge in [-0.05, 0) is 73.7 Å². The van der Waals surface area contributed by atoms with Crippen LogP contribution < -0.4 is 15.5 Å². The molecule has 230 valence electrons. The fraction of sp³-hybridized carbons (Fsp3) is 0.344. The number of aryl methyl sites for hydroxylation is 1. The number of fused-ring (bicyclic) bond motifs is 2. The number of nitrogens with one attached hydrogen (secondary N) is 2. The number of nitrogens with zero attached hydrogens (tertiary/aromatic N) is 4. The summed E-state index contributed by atoms with van der Waals surface area (Å²) in [5.74, 6) is 1.85. The zero-order valence-electron chi connectivity index (χ0n) is 24.9. The highest BCUT2D eigenvalue weighted by Gasteiger charge is 2.43. The van der Waals surface area contributed by atoms with Gasteiger partial charge in [0.2, 0.25) is 0 Å². The maximum absolute atomic E-state index is 11.8. The third-order valence-electron chi connectivity index (χ3n) is 8.29. The van der Waals surface area contributed by atoms with Crippen molar-refractivity contribution in [3.63, 3.8) is 0 Å². The zero-order valence-corrected chi connectivity index (χ0v) is 25.8. The summed E-state index contributed by atoms with van der Waals surface area (Å²) in [5.41, 5.74) is 6.78. The van der Waals surface area contributed by atoms with E-state index in [1.807, 2.05) is 44.3 Å². The van der Waals surface area contributed by atoms with Crippen molar-refractivity contribution in [2.24, 2.45) is 0 Å². The molecule has 1 saturated heterocycles. The Morgan fingerprint density at radius 2 is 1.84 bits per heavy atom. The van der Waals surface area contributed by atoms with Crippen LogP contribution in [0.4, 0.5) is 11.4 Å². The Bertz CT molecular complexity index is 1720. The number of pyridine rings is 2. The molecule has 1 saturated carbocycles. The Kier molecular flexibility index (Phi) is 9.26. The second kappa shape index (κ2) is 13.1. The molecule has 1 amide bonds. The van der Waals surface area contributed by atoms with Gasteiger partial charge in [0.05, 0.1) is 28.2 Å². The molecule has 0 radical (unpaired) electrons. The first-order valence-corrected chi connectivity index (χ1v) is 16.0. The van der Waals surface area contributed by atoms with E-state index < -0.39 is 10.1 Å². The highest BCUT2D eigenvalue weighted by molar-refractivity contribution is 7.85. The SMILES string of the molecule is CCC1=Cc2ncc(CN3CCN(c4ccc(C(=O)NC)nc4)[C@H]4CC[C@H]43)cc2NC1=C=O.Cc1ccc(S(=O)(=O)O)cc1. The fourth-order valence-electron chi connectivity index (χ4n) is 5.74. The van der Waals surface area contributed by atoms with E-state index >= 15 is 0 Å². The van der Waals surface area contributed by atoms with Crippen molar-refractivity contribution in [3.8, 4) is 0 Å². The minimum absolute atomic E-state index is 0.0666. The molecule has 4 heterocycles. The summed E-state index contributed by atoms with van der Waals surface area (Å²) in [6, 6.07) is 12.8. The number of amides is 1. The molecule has 0 spiro atoms. The van der Waals surface area contributed by atoms with Crippen molar-refractivity contribution < 1.29 is 22.6 Å². The summed E-state index contributed by atoms with van der Waals surface area (Å²) in [4.78, 5) is 37.0. The maximum atomic E-state index is 11.8. The standard InChI is InChI=1S/C25H28N6O2.C7H8O3S/c1-3-17-11-20-21(29-22(17)15-32)10-16(12-27-20)14-30-8-9-31(24-7-6-23(24)30)18-4-5-19(28-13-18)25(33)26-2;1-6-2-4-7(5-3-6)11(8,9)10/h4-5,10-13,23-24,29H,3,6-9,14H2,1-2H3,(H,26,33);2-5H,1H3,(H,8,9,10)/t23-,24+;/m1./s1. The average molecular weight is 617 g/mol. The van der Waals surface area contributed by atoms with Crippen molar-refractivity contribution in [2.75, 3.05) is 30.4 Å². The van der Waals surface area contributed by atoms with Gasteiger partial charge in [0.25, 0.3) is 16.0 Å². The molecule has 44 heavy (non-hydrogen) atoms. The quantitative estimate of drug-likeness (QED) is 0.276.